The van der Waals surface area contributed by atoms with E-state index in [1.165, 1.54) is 0 Å². The summed E-state index contributed by atoms with van der Waals surface area (Å²) in [4.78, 5) is 22.4. The molecule has 2 rings (SSSR count). The van der Waals surface area contributed by atoms with E-state index in [4.69, 9.17) is 14.2 Å². The SMILES string of the molecule is CC1(COC(=O)NCCc2ccccc2)COC(=O)OC1. The van der Waals surface area contributed by atoms with Crippen molar-refractivity contribution in [1.29, 1.82) is 0 Å². The van der Waals surface area contributed by atoms with Crippen LogP contribution in [0.3, 0.4) is 0 Å². The fourth-order valence-corrected chi connectivity index (χ4v) is 1.88. The van der Waals surface area contributed by atoms with E-state index in [2.05, 4.69) is 5.32 Å². The van der Waals surface area contributed by atoms with Gasteiger partial charge in [-0.3, -0.25) is 0 Å². The van der Waals surface area contributed by atoms with Crippen LogP contribution >= 0.6 is 0 Å². The molecule has 1 aromatic carbocycles. The van der Waals surface area contributed by atoms with E-state index in [0.717, 1.165) is 12.0 Å². The van der Waals surface area contributed by atoms with Crippen molar-refractivity contribution in [3.8, 4) is 0 Å². The topological polar surface area (TPSA) is 73.9 Å². The van der Waals surface area contributed by atoms with E-state index in [0.29, 0.717) is 6.54 Å². The number of hydrogen-bond acceptors (Lipinski definition) is 5. The van der Waals surface area contributed by atoms with Crippen LogP contribution in [0.4, 0.5) is 9.59 Å². The van der Waals surface area contributed by atoms with Crippen molar-refractivity contribution >= 4 is 12.2 Å². The van der Waals surface area contributed by atoms with Crippen molar-refractivity contribution in [3.05, 3.63) is 35.9 Å². The summed E-state index contributed by atoms with van der Waals surface area (Å²) in [7, 11) is 0. The lowest BCUT2D eigenvalue weighted by atomic mass is 9.94. The minimum Gasteiger partial charge on any atom is -0.449 e. The molecule has 6 nitrogen and oxygen atoms in total. The molecule has 1 aliphatic rings. The number of hydrogen-bond donors (Lipinski definition) is 1. The average molecular weight is 293 g/mol. The second kappa shape index (κ2) is 6.97. The number of nitrogens with one attached hydrogen (secondary N) is 1. The first-order valence-electron chi connectivity index (χ1n) is 6.82. The largest absolute Gasteiger partial charge is 0.508 e. The number of cyclic esters (lactones) is 2. The molecule has 0 atom stereocenters. The minimum absolute atomic E-state index is 0.136. The van der Waals surface area contributed by atoms with Crippen molar-refractivity contribution in [3.63, 3.8) is 0 Å². The highest BCUT2D eigenvalue weighted by molar-refractivity contribution is 5.67. The highest BCUT2D eigenvalue weighted by Gasteiger charge is 2.34. The summed E-state index contributed by atoms with van der Waals surface area (Å²) < 4.78 is 14.7. The summed E-state index contributed by atoms with van der Waals surface area (Å²) >= 11 is 0. The molecule has 6 heteroatoms. The van der Waals surface area contributed by atoms with Gasteiger partial charge in [0, 0.05) is 6.54 Å². The second-order valence-corrected chi connectivity index (χ2v) is 5.38. The molecule has 114 valence electrons. The average Bonchev–Trinajstić information content (AvgIpc) is 2.50. The maximum atomic E-state index is 11.6. The molecular formula is C15H19NO5. The third-order valence-corrected chi connectivity index (χ3v) is 3.15. The van der Waals surface area contributed by atoms with Gasteiger partial charge in [-0.2, -0.15) is 0 Å². The summed E-state index contributed by atoms with van der Waals surface area (Å²) in [6, 6.07) is 9.87. The molecule has 21 heavy (non-hydrogen) atoms. The van der Waals surface area contributed by atoms with E-state index < -0.39 is 17.7 Å². The molecule has 1 heterocycles. The predicted molar refractivity (Wildman–Crippen MR) is 74.9 cm³/mol. The first-order valence-corrected chi connectivity index (χ1v) is 6.82. The van der Waals surface area contributed by atoms with Crippen LogP contribution in [0.2, 0.25) is 0 Å². The molecule has 1 N–H and O–H groups in total. The molecule has 0 unspecified atom stereocenters. The van der Waals surface area contributed by atoms with Gasteiger partial charge in [0.1, 0.15) is 19.8 Å². The van der Waals surface area contributed by atoms with Crippen LogP contribution < -0.4 is 5.32 Å². The highest BCUT2D eigenvalue weighted by atomic mass is 16.7. The Kier molecular flexibility index (Phi) is 5.03. The van der Waals surface area contributed by atoms with Crippen molar-refractivity contribution in [1.82, 2.24) is 5.32 Å². The van der Waals surface area contributed by atoms with Crippen LogP contribution in [-0.4, -0.2) is 38.6 Å². The van der Waals surface area contributed by atoms with Gasteiger partial charge in [0.25, 0.3) is 0 Å². The smallest absolute Gasteiger partial charge is 0.449 e. The molecule has 0 spiro atoms. The lowest BCUT2D eigenvalue weighted by Gasteiger charge is -2.31. The molecule has 0 bridgehead atoms. The predicted octanol–water partition coefficient (Wildman–Crippen LogP) is 2.13. The van der Waals surface area contributed by atoms with Crippen LogP contribution in [-0.2, 0) is 20.6 Å². The Morgan fingerprint density at radius 1 is 1.29 bits per heavy atom. The van der Waals surface area contributed by atoms with Gasteiger partial charge in [-0.05, 0) is 18.9 Å². The first kappa shape index (κ1) is 15.2. The van der Waals surface area contributed by atoms with E-state index in [9.17, 15) is 9.59 Å². The highest BCUT2D eigenvalue weighted by Crippen LogP contribution is 2.22. The normalized spacial score (nSPS) is 16.5. The van der Waals surface area contributed by atoms with Gasteiger partial charge in [-0.25, -0.2) is 9.59 Å². The van der Waals surface area contributed by atoms with Gasteiger partial charge < -0.3 is 19.5 Å². The summed E-state index contributed by atoms with van der Waals surface area (Å²) in [6.07, 6.45) is -0.419. The minimum atomic E-state index is -0.681. The number of alkyl carbamates (subject to hydrolysis) is 1. The van der Waals surface area contributed by atoms with Gasteiger partial charge in [0.2, 0.25) is 0 Å². The lowest BCUT2D eigenvalue weighted by Crippen LogP contribution is -2.42. The number of benzene rings is 1. The lowest BCUT2D eigenvalue weighted by molar-refractivity contribution is -0.0731. The Morgan fingerprint density at radius 2 is 1.95 bits per heavy atom. The van der Waals surface area contributed by atoms with E-state index in [1.807, 2.05) is 37.3 Å². The third kappa shape index (κ3) is 4.98. The number of ether oxygens (including phenoxy) is 3. The summed E-state index contributed by atoms with van der Waals surface area (Å²) in [5.41, 5.74) is 0.655. The van der Waals surface area contributed by atoms with Crippen LogP contribution in [0, 0.1) is 5.41 Å². The number of rotatable bonds is 5. The monoisotopic (exact) mass is 293 g/mol. The van der Waals surface area contributed by atoms with Crippen LogP contribution in [0.25, 0.3) is 0 Å². The zero-order valence-corrected chi connectivity index (χ0v) is 12.0. The van der Waals surface area contributed by atoms with E-state index >= 15 is 0 Å². The van der Waals surface area contributed by atoms with Gasteiger partial charge in [-0.15, -0.1) is 0 Å². The van der Waals surface area contributed by atoms with Crippen LogP contribution in [0.5, 0.6) is 0 Å². The van der Waals surface area contributed by atoms with Crippen molar-refractivity contribution in [2.45, 2.75) is 13.3 Å². The summed E-state index contributed by atoms with van der Waals surface area (Å²) in [5, 5.41) is 2.69. The molecule has 0 radical (unpaired) electrons. The maximum absolute atomic E-state index is 11.6. The Balaban J connectivity index is 1.64. The Hall–Kier alpha value is -2.24. The third-order valence-electron chi connectivity index (χ3n) is 3.15. The number of carbonyl (C=O) groups is 2. The van der Waals surface area contributed by atoms with Crippen molar-refractivity contribution < 1.29 is 23.8 Å². The van der Waals surface area contributed by atoms with Gasteiger partial charge in [0.15, 0.2) is 0 Å². The number of amides is 1. The second-order valence-electron chi connectivity index (χ2n) is 5.38. The van der Waals surface area contributed by atoms with Crippen LogP contribution in [0.1, 0.15) is 12.5 Å². The van der Waals surface area contributed by atoms with Crippen molar-refractivity contribution in [2.24, 2.45) is 5.41 Å². The molecule has 1 aliphatic heterocycles. The standard InChI is InChI=1S/C15H19NO5/c1-15(10-20-14(18)21-11-15)9-19-13(17)16-8-7-12-5-3-2-4-6-12/h2-6H,7-11H2,1H3,(H,16,17). The summed E-state index contributed by atoms with van der Waals surface area (Å²) in [5.74, 6) is 0. The molecular weight excluding hydrogens is 274 g/mol. The Bertz CT molecular complexity index is 478. The van der Waals surface area contributed by atoms with E-state index in [-0.39, 0.29) is 19.8 Å². The van der Waals surface area contributed by atoms with Gasteiger partial charge >= 0.3 is 12.2 Å². The quantitative estimate of drug-likeness (QED) is 0.842. The number of carbonyl (C=O) groups excluding carboxylic acids is 2. The molecule has 1 amide bonds. The zero-order chi connectivity index (χ0) is 15.1. The molecule has 0 aliphatic carbocycles. The fourth-order valence-electron chi connectivity index (χ4n) is 1.88. The van der Waals surface area contributed by atoms with Gasteiger partial charge in [0.05, 0.1) is 5.41 Å². The molecule has 1 saturated heterocycles. The first-order chi connectivity index (χ1) is 10.1. The van der Waals surface area contributed by atoms with Crippen molar-refractivity contribution in [2.75, 3.05) is 26.4 Å². The summed E-state index contributed by atoms with van der Waals surface area (Å²) in [6.45, 7) is 2.84. The molecule has 1 aromatic rings. The van der Waals surface area contributed by atoms with Crippen LogP contribution in [0.15, 0.2) is 30.3 Å². The molecule has 0 aromatic heterocycles. The Morgan fingerprint density at radius 3 is 2.62 bits per heavy atom. The maximum Gasteiger partial charge on any atom is 0.508 e. The molecule has 1 fully saturated rings. The van der Waals surface area contributed by atoms with Gasteiger partial charge in [-0.1, -0.05) is 30.3 Å². The van der Waals surface area contributed by atoms with E-state index in [1.54, 1.807) is 0 Å². The zero-order valence-electron chi connectivity index (χ0n) is 12.0. The fraction of sp³-hybridized carbons (Fsp3) is 0.467. The Labute approximate surface area is 123 Å². The molecule has 0 saturated carbocycles.